The van der Waals surface area contributed by atoms with E-state index in [2.05, 4.69) is 5.10 Å². The Labute approximate surface area is 142 Å². The molecule has 4 nitrogen and oxygen atoms in total. The van der Waals surface area contributed by atoms with E-state index in [0.717, 1.165) is 16.3 Å². The molecule has 1 aromatic carbocycles. The van der Waals surface area contributed by atoms with E-state index in [1.54, 1.807) is 0 Å². The molecule has 3 rings (SSSR count). The molecule has 0 saturated heterocycles. The fourth-order valence-corrected chi connectivity index (χ4v) is 3.11. The van der Waals surface area contributed by atoms with Crippen molar-refractivity contribution < 1.29 is 22.4 Å². The molecule has 0 saturated carbocycles. The minimum Gasteiger partial charge on any atom is -0.308 e. The fraction of sp³-hybridized carbons (Fsp3) is 0.412. The van der Waals surface area contributed by atoms with Gasteiger partial charge in [0.05, 0.1) is 0 Å². The van der Waals surface area contributed by atoms with E-state index >= 15 is 0 Å². The Bertz CT molecular complexity index is 813. The minimum atomic E-state index is -4.55. The van der Waals surface area contributed by atoms with Crippen molar-refractivity contribution in [3.63, 3.8) is 0 Å². The lowest BCUT2D eigenvalue weighted by atomic mass is 9.96. The highest BCUT2D eigenvalue weighted by atomic mass is 19.4. The Balaban J connectivity index is 1.88. The van der Waals surface area contributed by atoms with Gasteiger partial charge in [0, 0.05) is 17.4 Å². The first-order valence-electron chi connectivity index (χ1n) is 7.89. The standard InChI is InChI=1S/C17H17F4N3O/c1-10-3-4-12-8-13(18)5-6-14(12)24(10)16(25)9-23-11(2)7-15(22-23)17(19,20)21/h5-8,10H,3-4,9H2,1-2H3/t10-/m0/s1. The predicted octanol–water partition coefficient (Wildman–Crippen LogP) is 3.72. The van der Waals surface area contributed by atoms with E-state index in [1.165, 1.54) is 30.0 Å². The van der Waals surface area contributed by atoms with Crippen molar-refractivity contribution in [3.05, 3.63) is 47.0 Å². The second kappa shape index (κ2) is 6.16. The molecular formula is C17H17F4N3O. The summed E-state index contributed by atoms with van der Waals surface area (Å²) >= 11 is 0. The van der Waals surface area contributed by atoms with Gasteiger partial charge in [-0.15, -0.1) is 0 Å². The number of anilines is 1. The molecule has 1 amide bonds. The number of carbonyl (C=O) groups excluding carboxylic acids is 1. The number of aromatic nitrogens is 2. The summed E-state index contributed by atoms with van der Waals surface area (Å²) in [7, 11) is 0. The molecule has 0 bridgehead atoms. The zero-order chi connectivity index (χ0) is 18.4. The summed E-state index contributed by atoms with van der Waals surface area (Å²) in [6.07, 6.45) is -3.24. The normalized spacial score (nSPS) is 17.5. The average molecular weight is 355 g/mol. The smallest absolute Gasteiger partial charge is 0.308 e. The largest absolute Gasteiger partial charge is 0.435 e. The van der Waals surface area contributed by atoms with Gasteiger partial charge in [-0.25, -0.2) is 4.39 Å². The molecule has 0 spiro atoms. The number of fused-ring (bicyclic) bond motifs is 1. The van der Waals surface area contributed by atoms with Crippen LogP contribution < -0.4 is 4.90 Å². The van der Waals surface area contributed by atoms with Crippen molar-refractivity contribution in [2.45, 2.75) is 45.5 Å². The summed E-state index contributed by atoms with van der Waals surface area (Å²) in [4.78, 5) is 14.2. The quantitative estimate of drug-likeness (QED) is 0.770. The van der Waals surface area contributed by atoms with Crippen LogP contribution in [0.5, 0.6) is 0 Å². The number of nitrogens with zero attached hydrogens (tertiary/aromatic N) is 3. The second-order valence-electron chi connectivity index (χ2n) is 6.25. The number of benzene rings is 1. The first-order chi connectivity index (χ1) is 11.7. The van der Waals surface area contributed by atoms with E-state index in [-0.39, 0.29) is 30.0 Å². The highest BCUT2D eigenvalue weighted by Gasteiger charge is 2.35. The summed E-state index contributed by atoms with van der Waals surface area (Å²) in [5.74, 6) is -0.751. The van der Waals surface area contributed by atoms with E-state index in [1.807, 2.05) is 6.92 Å². The third-order valence-electron chi connectivity index (χ3n) is 4.40. The van der Waals surface area contributed by atoms with Gasteiger partial charge in [-0.05, 0) is 56.5 Å². The highest BCUT2D eigenvalue weighted by Crippen LogP contribution is 2.32. The summed E-state index contributed by atoms with van der Waals surface area (Å²) < 4.78 is 52.8. The second-order valence-corrected chi connectivity index (χ2v) is 6.25. The zero-order valence-corrected chi connectivity index (χ0v) is 13.8. The zero-order valence-electron chi connectivity index (χ0n) is 13.8. The molecule has 0 aliphatic carbocycles. The summed E-state index contributed by atoms with van der Waals surface area (Å²) in [5, 5.41) is 3.50. The summed E-state index contributed by atoms with van der Waals surface area (Å²) in [6.45, 7) is 3.03. The molecule has 2 aromatic rings. The predicted molar refractivity (Wildman–Crippen MR) is 83.6 cm³/mol. The number of amides is 1. The first kappa shape index (κ1) is 17.4. The molecule has 0 fully saturated rings. The maximum absolute atomic E-state index is 13.4. The number of carbonyl (C=O) groups is 1. The van der Waals surface area contributed by atoms with E-state index in [0.29, 0.717) is 18.5 Å². The minimum absolute atomic E-state index is 0.122. The van der Waals surface area contributed by atoms with Crippen molar-refractivity contribution in [1.82, 2.24) is 9.78 Å². The molecule has 1 aliphatic rings. The average Bonchev–Trinajstić information content (AvgIpc) is 2.88. The van der Waals surface area contributed by atoms with Gasteiger partial charge in [0.25, 0.3) is 0 Å². The van der Waals surface area contributed by atoms with Crippen LogP contribution in [0.25, 0.3) is 0 Å². The maximum Gasteiger partial charge on any atom is 0.435 e. The molecule has 25 heavy (non-hydrogen) atoms. The highest BCUT2D eigenvalue weighted by molar-refractivity contribution is 5.95. The molecule has 1 atom stereocenters. The Kier molecular flexibility index (Phi) is 4.30. The summed E-state index contributed by atoms with van der Waals surface area (Å²) in [5.41, 5.74) is 0.558. The van der Waals surface area contributed by atoms with Gasteiger partial charge in [-0.2, -0.15) is 18.3 Å². The maximum atomic E-state index is 13.4. The lowest BCUT2D eigenvalue weighted by Crippen LogP contribution is -2.44. The molecule has 0 unspecified atom stereocenters. The summed E-state index contributed by atoms with van der Waals surface area (Å²) in [6, 6.07) is 5.00. The van der Waals surface area contributed by atoms with Crippen LogP contribution >= 0.6 is 0 Å². The van der Waals surface area contributed by atoms with Gasteiger partial charge in [0.15, 0.2) is 5.69 Å². The van der Waals surface area contributed by atoms with Gasteiger partial charge in [-0.1, -0.05) is 0 Å². The van der Waals surface area contributed by atoms with Crippen LogP contribution in [0.3, 0.4) is 0 Å². The van der Waals surface area contributed by atoms with Crippen molar-refractivity contribution >= 4 is 11.6 Å². The number of rotatable bonds is 2. The number of alkyl halides is 3. The molecule has 0 radical (unpaired) electrons. The van der Waals surface area contributed by atoms with Gasteiger partial charge < -0.3 is 4.90 Å². The lowest BCUT2D eigenvalue weighted by molar-refractivity contribution is -0.141. The Morgan fingerprint density at radius 3 is 2.68 bits per heavy atom. The third-order valence-corrected chi connectivity index (χ3v) is 4.40. The van der Waals surface area contributed by atoms with Gasteiger partial charge in [0.1, 0.15) is 12.4 Å². The number of hydrogen-bond donors (Lipinski definition) is 0. The van der Waals surface area contributed by atoms with Crippen LogP contribution in [0, 0.1) is 12.7 Å². The van der Waals surface area contributed by atoms with Gasteiger partial charge in [0.2, 0.25) is 5.91 Å². The van der Waals surface area contributed by atoms with Crippen LogP contribution in [0.4, 0.5) is 23.2 Å². The number of halogens is 4. The molecule has 0 N–H and O–H groups in total. The van der Waals surface area contributed by atoms with Gasteiger partial charge >= 0.3 is 6.18 Å². The molecule has 2 heterocycles. The van der Waals surface area contributed by atoms with Crippen molar-refractivity contribution in [2.75, 3.05) is 4.90 Å². The molecule has 134 valence electrons. The van der Waals surface area contributed by atoms with Crippen molar-refractivity contribution in [3.8, 4) is 0 Å². The van der Waals surface area contributed by atoms with Crippen LogP contribution in [-0.2, 0) is 23.9 Å². The molecule has 1 aromatic heterocycles. The SMILES string of the molecule is Cc1cc(C(F)(F)F)nn1CC(=O)N1c2ccc(F)cc2CC[C@@H]1C. The number of hydrogen-bond acceptors (Lipinski definition) is 2. The lowest BCUT2D eigenvalue weighted by Gasteiger charge is -2.35. The van der Waals surface area contributed by atoms with Crippen LogP contribution in [0.2, 0.25) is 0 Å². The topological polar surface area (TPSA) is 38.1 Å². The third kappa shape index (κ3) is 3.38. The Morgan fingerprint density at radius 2 is 2.04 bits per heavy atom. The Hall–Kier alpha value is -2.38. The fourth-order valence-electron chi connectivity index (χ4n) is 3.11. The van der Waals surface area contributed by atoms with Crippen molar-refractivity contribution in [2.24, 2.45) is 0 Å². The van der Waals surface area contributed by atoms with Gasteiger partial charge in [-0.3, -0.25) is 9.48 Å². The molecule has 1 aliphatic heterocycles. The van der Waals surface area contributed by atoms with E-state index < -0.39 is 11.9 Å². The van der Waals surface area contributed by atoms with Crippen molar-refractivity contribution in [1.29, 1.82) is 0 Å². The monoisotopic (exact) mass is 355 g/mol. The van der Waals surface area contributed by atoms with Crippen LogP contribution in [0.15, 0.2) is 24.3 Å². The molecule has 8 heteroatoms. The van der Waals surface area contributed by atoms with Crippen LogP contribution in [-0.4, -0.2) is 21.7 Å². The Morgan fingerprint density at radius 1 is 1.32 bits per heavy atom. The van der Waals surface area contributed by atoms with E-state index in [4.69, 9.17) is 0 Å². The number of aryl methyl sites for hydroxylation is 2. The van der Waals surface area contributed by atoms with E-state index in [9.17, 15) is 22.4 Å². The first-order valence-corrected chi connectivity index (χ1v) is 7.89. The molecular weight excluding hydrogens is 338 g/mol. The van der Waals surface area contributed by atoms with Crippen LogP contribution in [0.1, 0.15) is 30.3 Å².